The highest BCUT2D eigenvalue weighted by Gasteiger charge is 2.21. The number of sulfonamides is 1. The van der Waals surface area contributed by atoms with E-state index in [1.165, 1.54) is 0 Å². The minimum atomic E-state index is -3.41. The lowest BCUT2D eigenvalue weighted by Gasteiger charge is -2.15. The third-order valence-electron chi connectivity index (χ3n) is 6.04. The Morgan fingerprint density at radius 2 is 1.89 bits per heavy atom. The van der Waals surface area contributed by atoms with Gasteiger partial charge in [-0.25, -0.2) is 18.4 Å². The first-order valence-electron chi connectivity index (χ1n) is 12.0. The van der Waals surface area contributed by atoms with Gasteiger partial charge in [-0.1, -0.05) is 40.2 Å². The number of halogens is 1. The van der Waals surface area contributed by atoms with Crippen molar-refractivity contribution in [1.82, 2.24) is 25.6 Å². The molecule has 1 atom stereocenters. The second-order valence-electron chi connectivity index (χ2n) is 9.05. The van der Waals surface area contributed by atoms with Crippen LogP contribution in [0, 0.1) is 0 Å². The van der Waals surface area contributed by atoms with E-state index >= 15 is 0 Å². The summed E-state index contributed by atoms with van der Waals surface area (Å²) >= 11 is 3.59. The molecule has 4 N–H and O–H groups in total. The summed E-state index contributed by atoms with van der Waals surface area (Å²) < 4.78 is 26.4. The van der Waals surface area contributed by atoms with Crippen LogP contribution in [0.3, 0.4) is 0 Å². The zero-order valence-corrected chi connectivity index (χ0v) is 22.9. The van der Waals surface area contributed by atoms with Crippen LogP contribution in [-0.2, 0) is 10.0 Å². The average Bonchev–Trinajstić information content (AvgIpc) is 3.40. The van der Waals surface area contributed by atoms with E-state index in [4.69, 9.17) is 0 Å². The standard InChI is InChI=1S/C26H26BrN7O3S/c1-38(36,37)34-18-7-4-6-17(13-18)31-26-30-14-16-12-21(20-9-2-3-10-22(20)27)23(32-24(16)33-26)25(35)29-15-19-8-5-11-28-19/h2-4,6-7,9-10,12-14,19,28,34H,5,8,11,15H2,1H3,(H,29,35)(H,30,31,32,33). The van der Waals surface area contributed by atoms with E-state index in [9.17, 15) is 13.2 Å². The van der Waals surface area contributed by atoms with Gasteiger partial charge in [0.25, 0.3) is 5.91 Å². The fraction of sp³-hybridized carbons (Fsp3) is 0.231. The number of fused-ring (bicyclic) bond motifs is 1. The van der Waals surface area contributed by atoms with Crippen molar-refractivity contribution in [3.05, 3.63) is 71.0 Å². The zero-order chi connectivity index (χ0) is 26.7. The number of carbonyl (C=O) groups excluding carboxylic acids is 1. The van der Waals surface area contributed by atoms with Crippen molar-refractivity contribution in [2.75, 3.05) is 29.4 Å². The molecular weight excluding hydrogens is 570 g/mol. The van der Waals surface area contributed by atoms with Crippen molar-refractivity contribution in [3.63, 3.8) is 0 Å². The first-order chi connectivity index (χ1) is 18.2. The highest BCUT2D eigenvalue weighted by atomic mass is 79.9. The molecule has 0 aliphatic carbocycles. The van der Waals surface area contributed by atoms with Gasteiger partial charge in [0.15, 0.2) is 5.65 Å². The van der Waals surface area contributed by atoms with E-state index in [0.717, 1.165) is 35.7 Å². The topological polar surface area (TPSA) is 138 Å². The Kier molecular flexibility index (Phi) is 7.54. The SMILES string of the molecule is CS(=O)(=O)Nc1cccc(Nc2ncc3cc(-c4ccccc4Br)c(C(=O)NCC4CCCN4)nc3n2)c1. The van der Waals surface area contributed by atoms with E-state index in [0.29, 0.717) is 34.5 Å². The van der Waals surface area contributed by atoms with Crippen molar-refractivity contribution >= 4 is 60.2 Å². The van der Waals surface area contributed by atoms with Crippen LogP contribution in [0.2, 0.25) is 0 Å². The molecule has 0 bridgehead atoms. The fourth-order valence-electron chi connectivity index (χ4n) is 4.32. The van der Waals surface area contributed by atoms with Crippen molar-refractivity contribution in [2.24, 2.45) is 0 Å². The Bertz CT molecular complexity index is 1610. The molecule has 3 heterocycles. The van der Waals surface area contributed by atoms with Crippen molar-refractivity contribution in [2.45, 2.75) is 18.9 Å². The zero-order valence-electron chi connectivity index (χ0n) is 20.5. The number of pyridine rings is 1. The third-order valence-corrected chi connectivity index (χ3v) is 7.34. The Hall–Kier alpha value is -3.61. The number of anilines is 3. The molecular formula is C26H26BrN7O3S. The Morgan fingerprint density at radius 3 is 2.66 bits per heavy atom. The van der Waals surface area contributed by atoms with Crippen LogP contribution in [0.4, 0.5) is 17.3 Å². The summed E-state index contributed by atoms with van der Waals surface area (Å²) in [5.41, 5.74) is 3.13. The molecule has 1 aliphatic rings. The molecule has 0 spiro atoms. The van der Waals surface area contributed by atoms with Gasteiger partial charge in [0.05, 0.1) is 11.9 Å². The van der Waals surface area contributed by atoms with Crippen molar-refractivity contribution in [3.8, 4) is 11.1 Å². The Morgan fingerprint density at radius 1 is 1.08 bits per heavy atom. The van der Waals surface area contributed by atoms with Crippen LogP contribution in [0.5, 0.6) is 0 Å². The summed E-state index contributed by atoms with van der Waals surface area (Å²) in [6.45, 7) is 1.47. The quantitative estimate of drug-likeness (QED) is 0.239. The molecule has 10 nitrogen and oxygen atoms in total. The molecule has 0 saturated carbocycles. The average molecular weight is 597 g/mol. The number of amides is 1. The number of nitrogens with zero attached hydrogens (tertiary/aromatic N) is 3. The monoisotopic (exact) mass is 595 g/mol. The van der Waals surface area contributed by atoms with Crippen LogP contribution in [-0.4, -0.2) is 54.7 Å². The molecule has 1 fully saturated rings. The highest BCUT2D eigenvalue weighted by molar-refractivity contribution is 9.10. The van der Waals surface area contributed by atoms with E-state index in [2.05, 4.69) is 51.6 Å². The van der Waals surface area contributed by atoms with Crippen LogP contribution in [0.25, 0.3) is 22.2 Å². The lowest BCUT2D eigenvalue weighted by molar-refractivity contribution is 0.0946. The van der Waals surface area contributed by atoms with E-state index in [-0.39, 0.29) is 23.6 Å². The normalized spacial score (nSPS) is 15.4. The summed E-state index contributed by atoms with van der Waals surface area (Å²) in [6.07, 6.45) is 4.84. The number of hydrogen-bond donors (Lipinski definition) is 4. The number of nitrogens with one attached hydrogen (secondary N) is 4. The van der Waals surface area contributed by atoms with Crippen LogP contribution < -0.4 is 20.7 Å². The number of aromatic nitrogens is 3. The van der Waals surface area contributed by atoms with Gasteiger partial charge in [-0.05, 0) is 55.3 Å². The third kappa shape index (κ3) is 6.26. The maximum absolute atomic E-state index is 13.3. The van der Waals surface area contributed by atoms with E-state index < -0.39 is 10.0 Å². The molecule has 2 aromatic carbocycles. The summed E-state index contributed by atoms with van der Waals surface area (Å²) in [5.74, 6) is -0.0179. The van der Waals surface area contributed by atoms with Gasteiger partial charge < -0.3 is 16.0 Å². The number of carbonyl (C=O) groups is 1. The second kappa shape index (κ2) is 11.0. The van der Waals surface area contributed by atoms with Crippen LogP contribution in [0.1, 0.15) is 23.3 Å². The Balaban J connectivity index is 1.49. The summed E-state index contributed by atoms with van der Waals surface area (Å²) in [7, 11) is -3.41. The summed E-state index contributed by atoms with van der Waals surface area (Å²) in [6, 6.07) is 16.5. The molecule has 4 aromatic rings. The molecule has 1 amide bonds. The molecule has 1 aliphatic heterocycles. The number of benzene rings is 2. The van der Waals surface area contributed by atoms with Gasteiger partial charge in [0.1, 0.15) is 5.69 Å². The lowest BCUT2D eigenvalue weighted by Crippen LogP contribution is -2.37. The van der Waals surface area contributed by atoms with Gasteiger partial charge in [-0.2, -0.15) is 4.98 Å². The van der Waals surface area contributed by atoms with Gasteiger partial charge in [0, 0.05) is 39.9 Å². The van der Waals surface area contributed by atoms with Crippen LogP contribution in [0.15, 0.2) is 65.3 Å². The molecule has 5 rings (SSSR count). The molecule has 2 aromatic heterocycles. The van der Waals surface area contributed by atoms with E-state index in [1.807, 2.05) is 30.3 Å². The first-order valence-corrected chi connectivity index (χ1v) is 14.7. The predicted octanol–water partition coefficient (Wildman–Crippen LogP) is 4.05. The summed E-state index contributed by atoms with van der Waals surface area (Å²) in [5, 5.41) is 10.2. The Labute approximate surface area is 228 Å². The summed E-state index contributed by atoms with van der Waals surface area (Å²) in [4.78, 5) is 27.0. The fourth-order valence-corrected chi connectivity index (χ4v) is 5.37. The maximum atomic E-state index is 13.3. The van der Waals surface area contributed by atoms with Gasteiger partial charge in [0.2, 0.25) is 16.0 Å². The highest BCUT2D eigenvalue weighted by Crippen LogP contribution is 2.32. The lowest BCUT2D eigenvalue weighted by atomic mass is 10.0. The largest absolute Gasteiger partial charge is 0.349 e. The number of hydrogen-bond acceptors (Lipinski definition) is 8. The van der Waals surface area contributed by atoms with Gasteiger partial charge in [-0.3, -0.25) is 9.52 Å². The molecule has 196 valence electrons. The minimum Gasteiger partial charge on any atom is -0.349 e. The van der Waals surface area contributed by atoms with Crippen molar-refractivity contribution < 1.29 is 13.2 Å². The maximum Gasteiger partial charge on any atom is 0.270 e. The van der Waals surface area contributed by atoms with Gasteiger partial charge >= 0.3 is 0 Å². The van der Waals surface area contributed by atoms with E-state index in [1.54, 1.807) is 30.5 Å². The first kappa shape index (κ1) is 26.0. The minimum absolute atomic E-state index is 0.248. The molecule has 1 saturated heterocycles. The number of rotatable bonds is 8. The molecule has 38 heavy (non-hydrogen) atoms. The van der Waals surface area contributed by atoms with Crippen molar-refractivity contribution in [1.29, 1.82) is 0 Å². The second-order valence-corrected chi connectivity index (χ2v) is 11.7. The van der Waals surface area contributed by atoms with Gasteiger partial charge in [-0.15, -0.1) is 0 Å². The predicted molar refractivity (Wildman–Crippen MR) is 152 cm³/mol. The molecule has 12 heteroatoms. The molecule has 1 unspecified atom stereocenters. The molecule has 0 radical (unpaired) electrons. The smallest absolute Gasteiger partial charge is 0.270 e. The van der Waals surface area contributed by atoms with Crippen LogP contribution >= 0.6 is 15.9 Å².